The van der Waals surface area contributed by atoms with Gasteiger partial charge in [-0.15, -0.1) is 13.2 Å². The zero-order chi connectivity index (χ0) is 15.1. The van der Waals surface area contributed by atoms with Crippen LogP contribution < -0.4 is 4.90 Å². The average Bonchev–Trinajstić information content (AvgIpc) is 2.36. The number of nitrogens with zero attached hydrogens (tertiary/aromatic N) is 1. The molecule has 0 radical (unpaired) electrons. The minimum atomic E-state index is -1.19. The van der Waals surface area contributed by atoms with Crippen LogP contribution >= 0.6 is 0 Å². The highest BCUT2D eigenvalue weighted by Crippen LogP contribution is 2.25. The number of hydrogen-bond donors (Lipinski definition) is 1. The molecule has 0 fully saturated rings. The van der Waals surface area contributed by atoms with E-state index >= 15 is 0 Å². The summed E-state index contributed by atoms with van der Waals surface area (Å²) in [7, 11) is 0. The molecule has 0 saturated heterocycles. The Hall–Kier alpha value is -2.43. The van der Waals surface area contributed by atoms with Crippen LogP contribution in [-0.4, -0.2) is 24.2 Å². The third kappa shape index (κ3) is 4.05. The van der Waals surface area contributed by atoms with Crippen LogP contribution in [0, 0.1) is 11.6 Å². The summed E-state index contributed by atoms with van der Waals surface area (Å²) >= 11 is 0. The van der Waals surface area contributed by atoms with Gasteiger partial charge in [0.05, 0.1) is 0 Å². The SMILES string of the molecule is C=CCN(CC=C)c1c(F)cc(C=CC(=O)O)cc1F. The molecule has 1 aromatic carbocycles. The Labute approximate surface area is 116 Å². The number of carbonyl (C=O) groups is 1. The van der Waals surface area contributed by atoms with E-state index in [1.54, 1.807) is 0 Å². The van der Waals surface area contributed by atoms with E-state index in [1.807, 2.05) is 0 Å². The lowest BCUT2D eigenvalue weighted by Crippen LogP contribution is -2.25. The van der Waals surface area contributed by atoms with E-state index in [4.69, 9.17) is 5.11 Å². The fraction of sp³-hybridized carbons (Fsp3) is 0.133. The molecule has 0 unspecified atom stereocenters. The smallest absolute Gasteiger partial charge is 0.328 e. The lowest BCUT2D eigenvalue weighted by Gasteiger charge is -2.23. The molecule has 0 aromatic heterocycles. The first-order chi connectivity index (χ1) is 9.49. The number of rotatable bonds is 7. The number of halogens is 2. The molecule has 106 valence electrons. The van der Waals surface area contributed by atoms with E-state index in [1.165, 1.54) is 17.1 Å². The lowest BCUT2D eigenvalue weighted by atomic mass is 10.1. The molecule has 1 rings (SSSR count). The van der Waals surface area contributed by atoms with E-state index in [0.29, 0.717) is 0 Å². The Bertz CT molecular complexity index is 520. The van der Waals surface area contributed by atoms with Crippen LogP contribution in [0.15, 0.2) is 43.5 Å². The van der Waals surface area contributed by atoms with Crippen molar-refractivity contribution >= 4 is 17.7 Å². The molecule has 0 amide bonds. The van der Waals surface area contributed by atoms with Crippen LogP contribution in [0.3, 0.4) is 0 Å². The Morgan fingerprint density at radius 2 is 1.70 bits per heavy atom. The van der Waals surface area contributed by atoms with Gasteiger partial charge >= 0.3 is 5.97 Å². The zero-order valence-corrected chi connectivity index (χ0v) is 10.9. The van der Waals surface area contributed by atoms with Gasteiger partial charge in [-0.2, -0.15) is 0 Å². The molecular weight excluding hydrogens is 264 g/mol. The lowest BCUT2D eigenvalue weighted by molar-refractivity contribution is -0.131. The van der Waals surface area contributed by atoms with Crippen molar-refractivity contribution < 1.29 is 18.7 Å². The molecule has 0 aliphatic rings. The molecule has 20 heavy (non-hydrogen) atoms. The van der Waals surface area contributed by atoms with Crippen molar-refractivity contribution in [2.24, 2.45) is 0 Å². The van der Waals surface area contributed by atoms with Gasteiger partial charge in [-0.3, -0.25) is 0 Å². The Balaban J connectivity index is 3.18. The van der Waals surface area contributed by atoms with Gasteiger partial charge in [0, 0.05) is 19.2 Å². The maximum atomic E-state index is 14.0. The number of anilines is 1. The van der Waals surface area contributed by atoms with Crippen LogP contribution in [0.5, 0.6) is 0 Å². The fourth-order valence-electron chi connectivity index (χ4n) is 1.72. The monoisotopic (exact) mass is 279 g/mol. The fourth-order valence-corrected chi connectivity index (χ4v) is 1.72. The standard InChI is InChI=1S/C15H15F2NO2/c1-3-7-18(8-4-2)15-12(16)9-11(10-13(15)17)5-6-14(19)20/h3-6,9-10H,1-2,7-8H2,(H,19,20). The van der Waals surface area contributed by atoms with Crippen molar-refractivity contribution in [3.8, 4) is 0 Å². The zero-order valence-electron chi connectivity index (χ0n) is 10.9. The van der Waals surface area contributed by atoms with Crippen LogP contribution in [0.1, 0.15) is 5.56 Å². The highest BCUT2D eigenvalue weighted by atomic mass is 19.1. The molecule has 0 aliphatic heterocycles. The van der Waals surface area contributed by atoms with Crippen molar-refractivity contribution in [3.63, 3.8) is 0 Å². The number of carboxylic acids is 1. The molecule has 0 heterocycles. The molecule has 0 aliphatic carbocycles. The van der Waals surface area contributed by atoms with E-state index in [2.05, 4.69) is 13.2 Å². The summed E-state index contributed by atoms with van der Waals surface area (Å²) in [5.74, 6) is -2.72. The van der Waals surface area contributed by atoms with Gasteiger partial charge in [-0.25, -0.2) is 13.6 Å². The van der Waals surface area contributed by atoms with Crippen molar-refractivity contribution in [1.82, 2.24) is 0 Å². The highest BCUT2D eigenvalue weighted by molar-refractivity contribution is 5.85. The molecule has 0 saturated carbocycles. The maximum Gasteiger partial charge on any atom is 0.328 e. The summed E-state index contributed by atoms with van der Waals surface area (Å²) in [6.45, 7) is 7.61. The molecule has 3 nitrogen and oxygen atoms in total. The summed E-state index contributed by atoms with van der Waals surface area (Å²) < 4.78 is 28.0. The third-order valence-corrected chi connectivity index (χ3v) is 2.47. The van der Waals surface area contributed by atoms with E-state index in [-0.39, 0.29) is 24.3 Å². The third-order valence-electron chi connectivity index (χ3n) is 2.47. The first kappa shape index (κ1) is 15.6. The van der Waals surface area contributed by atoms with Crippen LogP contribution in [-0.2, 0) is 4.79 Å². The highest BCUT2D eigenvalue weighted by Gasteiger charge is 2.16. The van der Waals surface area contributed by atoms with Crippen LogP contribution in [0.4, 0.5) is 14.5 Å². The number of hydrogen-bond acceptors (Lipinski definition) is 2. The molecule has 5 heteroatoms. The van der Waals surface area contributed by atoms with Crippen LogP contribution in [0.25, 0.3) is 6.08 Å². The molecular formula is C15H15F2NO2. The summed E-state index contributed by atoms with van der Waals surface area (Å²) in [5, 5.41) is 8.49. The Morgan fingerprint density at radius 1 is 1.20 bits per heavy atom. The van der Waals surface area contributed by atoms with Crippen molar-refractivity contribution in [2.45, 2.75) is 0 Å². The van der Waals surface area contributed by atoms with Crippen molar-refractivity contribution in [3.05, 3.63) is 60.7 Å². The van der Waals surface area contributed by atoms with Crippen molar-refractivity contribution in [2.75, 3.05) is 18.0 Å². The summed E-state index contributed by atoms with van der Waals surface area (Å²) in [6, 6.07) is 2.16. The largest absolute Gasteiger partial charge is 0.478 e. The van der Waals surface area contributed by atoms with E-state index in [9.17, 15) is 13.6 Å². The summed E-state index contributed by atoms with van der Waals surface area (Å²) in [4.78, 5) is 11.8. The summed E-state index contributed by atoms with van der Waals surface area (Å²) in [5.41, 5.74) is -0.0411. The number of aliphatic carboxylic acids is 1. The first-order valence-corrected chi connectivity index (χ1v) is 5.86. The quantitative estimate of drug-likeness (QED) is 0.615. The van der Waals surface area contributed by atoms with Crippen LogP contribution in [0.2, 0.25) is 0 Å². The second-order valence-electron chi connectivity index (χ2n) is 3.99. The van der Waals surface area contributed by atoms with Gasteiger partial charge in [0.2, 0.25) is 0 Å². The minimum absolute atomic E-state index is 0.142. The molecule has 1 aromatic rings. The predicted octanol–water partition coefficient (Wildman–Crippen LogP) is 3.24. The predicted molar refractivity (Wildman–Crippen MR) is 75.6 cm³/mol. The van der Waals surface area contributed by atoms with Gasteiger partial charge < -0.3 is 10.0 Å². The molecule has 0 atom stereocenters. The van der Waals surface area contributed by atoms with Gasteiger partial charge in [0.25, 0.3) is 0 Å². The Morgan fingerprint density at radius 3 is 2.10 bits per heavy atom. The molecule has 0 spiro atoms. The van der Waals surface area contributed by atoms with Crippen molar-refractivity contribution in [1.29, 1.82) is 0 Å². The van der Waals surface area contributed by atoms with Gasteiger partial charge in [0.15, 0.2) is 0 Å². The van der Waals surface area contributed by atoms with Gasteiger partial charge in [-0.1, -0.05) is 12.2 Å². The van der Waals surface area contributed by atoms with Gasteiger partial charge in [0.1, 0.15) is 17.3 Å². The topological polar surface area (TPSA) is 40.5 Å². The second kappa shape index (κ2) is 7.23. The maximum absolute atomic E-state index is 14.0. The number of carboxylic acid groups (broad SMARTS) is 1. The van der Waals surface area contributed by atoms with Gasteiger partial charge in [-0.05, 0) is 23.8 Å². The number of benzene rings is 1. The molecule has 0 bridgehead atoms. The van der Waals surface area contributed by atoms with E-state index in [0.717, 1.165) is 24.3 Å². The molecule has 1 N–H and O–H groups in total. The van der Waals surface area contributed by atoms with E-state index < -0.39 is 17.6 Å². The minimum Gasteiger partial charge on any atom is -0.478 e. The first-order valence-electron chi connectivity index (χ1n) is 5.86. The normalized spacial score (nSPS) is 10.5. The summed E-state index contributed by atoms with van der Waals surface area (Å²) in [6.07, 6.45) is 5.00. The second-order valence-corrected chi connectivity index (χ2v) is 3.99. The Kier molecular flexibility index (Phi) is 5.65. The average molecular weight is 279 g/mol.